The maximum atomic E-state index is 11.9. The molecular formula is C15H20N4O. The first-order valence-electron chi connectivity index (χ1n) is 6.83. The number of nitrogens with one attached hydrogen (secondary N) is 2. The maximum Gasteiger partial charge on any atom is 0.316 e. The second kappa shape index (κ2) is 6.40. The van der Waals surface area contributed by atoms with E-state index in [1.54, 1.807) is 0 Å². The summed E-state index contributed by atoms with van der Waals surface area (Å²) in [6.07, 6.45) is 1.33. The van der Waals surface area contributed by atoms with Crippen LogP contribution in [0.2, 0.25) is 0 Å². The number of nitrogens with zero attached hydrogens (tertiary/aromatic N) is 2. The molecule has 0 radical (unpaired) electrons. The lowest BCUT2D eigenvalue weighted by Crippen LogP contribution is -2.56. The zero-order valence-electron chi connectivity index (χ0n) is 11.7. The molecule has 0 aliphatic carbocycles. The molecule has 2 amide bonds. The van der Waals surface area contributed by atoms with Crippen LogP contribution in [0.3, 0.4) is 0 Å². The van der Waals surface area contributed by atoms with Crippen LogP contribution in [-0.2, 0) is 6.54 Å². The smallest absolute Gasteiger partial charge is 0.316 e. The van der Waals surface area contributed by atoms with E-state index in [1.165, 1.54) is 0 Å². The van der Waals surface area contributed by atoms with Crippen LogP contribution < -0.4 is 10.6 Å². The van der Waals surface area contributed by atoms with Gasteiger partial charge in [0.05, 0.1) is 6.07 Å². The third-order valence-corrected chi connectivity index (χ3v) is 3.70. The van der Waals surface area contributed by atoms with E-state index in [4.69, 9.17) is 0 Å². The van der Waals surface area contributed by atoms with E-state index in [1.807, 2.05) is 37.4 Å². The average Bonchev–Trinajstić information content (AvgIpc) is 2.49. The van der Waals surface area contributed by atoms with Crippen molar-refractivity contribution >= 4 is 6.03 Å². The number of hydrogen-bond donors (Lipinski definition) is 2. The van der Waals surface area contributed by atoms with Gasteiger partial charge in [-0.05, 0) is 25.5 Å². The van der Waals surface area contributed by atoms with Crippen molar-refractivity contribution in [2.75, 3.05) is 20.1 Å². The Morgan fingerprint density at radius 2 is 2.00 bits per heavy atom. The number of amides is 2. The monoisotopic (exact) mass is 272 g/mol. The molecule has 1 aliphatic rings. The topological polar surface area (TPSA) is 68.2 Å². The van der Waals surface area contributed by atoms with E-state index in [0.29, 0.717) is 19.4 Å². The van der Waals surface area contributed by atoms with E-state index in [-0.39, 0.29) is 6.03 Å². The molecule has 0 unspecified atom stereocenters. The molecule has 2 rings (SSSR count). The Morgan fingerprint density at radius 3 is 2.60 bits per heavy atom. The number of benzene rings is 1. The molecule has 1 saturated heterocycles. The molecule has 2 N–H and O–H groups in total. The zero-order chi connectivity index (χ0) is 14.4. The molecule has 1 fully saturated rings. The van der Waals surface area contributed by atoms with Crippen LogP contribution in [0.15, 0.2) is 30.3 Å². The molecule has 20 heavy (non-hydrogen) atoms. The number of carbonyl (C=O) groups is 1. The second-order valence-electron chi connectivity index (χ2n) is 5.29. The number of likely N-dealkylation sites (tertiary alicyclic amines) is 1. The molecule has 1 aromatic carbocycles. The highest BCUT2D eigenvalue weighted by Crippen LogP contribution is 2.20. The van der Waals surface area contributed by atoms with Gasteiger partial charge in [0, 0.05) is 19.6 Å². The Labute approximate surface area is 119 Å². The molecular weight excluding hydrogens is 252 g/mol. The summed E-state index contributed by atoms with van der Waals surface area (Å²) >= 11 is 0. The number of piperidine rings is 1. The van der Waals surface area contributed by atoms with Crippen LogP contribution in [0, 0.1) is 11.3 Å². The van der Waals surface area contributed by atoms with Crippen molar-refractivity contribution < 1.29 is 4.79 Å². The molecule has 106 valence electrons. The quantitative estimate of drug-likeness (QED) is 0.875. The summed E-state index contributed by atoms with van der Waals surface area (Å²) in [6, 6.07) is 11.7. The molecule has 0 bridgehead atoms. The molecule has 0 aromatic heterocycles. The third kappa shape index (κ3) is 3.72. The van der Waals surface area contributed by atoms with Gasteiger partial charge in [0.25, 0.3) is 0 Å². The van der Waals surface area contributed by atoms with Gasteiger partial charge in [-0.15, -0.1) is 0 Å². The van der Waals surface area contributed by atoms with Crippen LogP contribution >= 0.6 is 0 Å². The highest BCUT2D eigenvalue weighted by Gasteiger charge is 2.35. The lowest BCUT2D eigenvalue weighted by atomic mass is 9.89. The fraction of sp³-hybridized carbons (Fsp3) is 0.467. The van der Waals surface area contributed by atoms with Crippen molar-refractivity contribution in [3.05, 3.63) is 35.9 Å². The fourth-order valence-electron chi connectivity index (χ4n) is 2.30. The predicted octanol–water partition coefficient (Wildman–Crippen LogP) is 1.47. The first kappa shape index (κ1) is 14.4. The van der Waals surface area contributed by atoms with Gasteiger partial charge in [-0.2, -0.15) is 5.26 Å². The van der Waals surface area contributed by atoms with Crippen molar-refractivity contribution in [1.82, 2.24) is 15.5 Å². The van der Waals surface area contributed by atoms with Crippen LogP contribution in [0.25, 0.3) is 0 Å². The first-order valence-corrected chi connectivity index (χ1v) is 6.83. The molecule has 5 nitrogen and oxygen atoms in total. The molecule has 1 aliphatic heterocycles. The number of carbonyl (C=O) groups excluding carboxylic acids is 1. The molecule has 1 aromatic rings. The maximum absolute atomic E-state index is 11.9. The SMILES string of the molecule is CN1CCC(C#N)(NC(=O)NCc2ccccc2)CC1. The summed E-state index contributed by atoms with van der Waals surface area (Å²) in [6.45, 7) is 2.12. The molecule has 1 heterocycles. The largest absolute Gasteiger partial charge is 0.334 e. The summed E-state index contributed by atoms with van der Waals surface area (Å²) in [7, 11) is 2.02. The summed E-state index contributed by atoms with van der Waals surface area (Å²) in [5, 5.41) is 15.0. The Kier molecular flexibility index (Phi) is 4.59. The molecule has 0 atom stereocenters. The zero-order valence-corrected chi connectivity index (χ0v) is 11.7. The van der Waals surface area contributed by atoms with Gasteiger partial charge in [-0.25, -0.2) is 4.79 Å². The summed E-state index contributed by atoms with van der Waals surface area (Å²) < 4.78 is 0. The van der Waals surface area contributed by atoms with Gasteiger partial charge in [-0.3, -0.25) is 0 Å². The number of urea groups is 1. The van der Waals surface area contributed by atoms with E-state index in [9.17, 15) is 10.1 Å². The van der Waals surface area contributed by atoms with Crippen LogP contribution in [0.4, 0.5) is 4.79 Å². The van der Waals surface area contributed by atoms with E-state index >= 15 is 0 Å². The lowest BCUT2D eigenvalue weighted by Gasteiger charge is -2.35. The second-order valence-corrected chi connectivity index (χ2v) is 5.29. The van der Waals surface area contributed by atoms with Gasteiger partial charge in [0.15, 0.2) is 0 Å². The van der Waals surface area contributed by atoms with Gasteiger partial charge in [-0.1, -0.05) is 30.3 Å². The van der Waals surface area contributed by atoms with Crippen molar-refractivity contribution in [3.63, 3.8) is 0 Å². The summed E-state index contributed by atoms with van der Waals surface area (Å²) in [5.74, 6) is 0. The van der Waals surface area contributed by atoms with Crippen LogP contribution in [-0.4, -0.2) is 36.6 Å². The number of nitriles is 1. The molecule has 0 saturated carbocycles. The van der Waals surface area contributed by atoms with Gasteiger partial charge < -0.3 is 15.5 Å². The van der Waals surface area contributed by atoms with Crippen molar-refractivity contribution in [1.29, 1.82) is 5.26 Å². The number of rotatable bonds is 3. The summed E-state index contributed by atoms with van der Waals surface area (Å²) in [4.78, 5) is 14.1. The van der Waals surface area contributed by atoms with Crippen molar-refractivity contribution in [3.8, 4) is 6.07 Å². The Morgan fingerprint density at radius 1 is 1.35 bits per heavy atom. The van der Waals surface area contributed by atoms with Crippen molar-refractivity contribution in [2.45, 2.75) is 24.9 Å². The highest BCUT2D eigenvalue weighted by atomic mass is 16.2. The minimum absolute atomic E-state index is 0.278. The Bertz CT molecular complexity index is 486. The first-order chi connectivity index (χ1) is 9.63. The molecule has 0 spiro atoms. The van der Waals surface area contributed by atoms with Crippen LogP contribution in [0.1, 0.15) is 18.4 Å². The minimum atomic E-state index is -0.729. The highest BCUT2D eigenvalue weighted by molar-refractivity contribution is 5.75. The Balaban J connectivity index is 1.85. The standard InChI is InChI=1S/C15H20N4O/c1-19-9-7-15(12-16,8-10-19)18-14(20)17-11-13-5-3-2-4-6-13/h2-6H,7-11H2,1H3,(H2,17,18,20). The Hall–Kier alpha value is -2.06. The third-order valence-electron chi connectivity index (χ3n) is 3.70. The lowest BCUT2D eigenvalue weighted by molar-refractivity contribution is 0.187. The van der Waals surface area contributed by atoms with E-state index < -0.39 is 5.54 Å². The predicted molar refractivity (Wildman–Crippen MR) is 76.9 cm³/mol. The van der Waals surface area contributed by atoms with Crippen molar-refractivity contribution in [2.24, 2.45) is 0 Å². The minimum Gasteiger partial charge on any atom is -0.334 e. The average molecular weight is 272 g/mol. The normalized spacial score (nSPS) is 18.0. The van der Waals surface area contributed by atoms with E-state index in [0.717, 1.165) is 18.7 Å². The van der Waals surface area contributed by atoms with Crippen LogP contribution in [0.5, 0.6) is 0 Å². The fourth-order valence-corrected chi connectivity index (χ4v) is 2.30. The van der Waals surface area contributed by atoms with Gasteiger partial charge >= 0.3 is 6.03 Å². The van der Waals surface area contributed by atoms with Gasteiger partial charge in [0.2, 0.25) is 0 Å². The molecule has 5 heteroatoms. The number of hydrogen-bond acceptors (Lipinski definition) is 3. The van der Waals surface area contributed by atoms with Gasteiger partial charge in [0.1, 0.15) is 5.54 Å². The summed E-state index contributed by atoms with van der Waals surface area (Å²) in [5.41, 5.74) is 0.310. The van der Waals surface area contributed by atoms with E-state index in [2.05, 4.69) is 21.6 Å².